The van der Waals surface area contributed by atoms with E-state index in [1.165, 1.54) is 18.4 Å². The van der Waals surface area contributed by atoms with E-state index in [-0.39, 0.29) is 10.7 Å². The quantitative estimate of drug-likeness (QED) is 0.794. The van der Waals surface area contributed by atoms with Crippen molar-refractivity contribution in [3.05, 3.63) is 39.9 Å². The fourth-order valence-corrected chi connectivity index (χ4v) is 3.51. The zero-order valence-corrected chi connectivity index (χ0v) is 15.0. The third-order valence-corrected chi connectivity index (χ3v) is 4.56. The standard InChI is InChI=1S/C16H19ClN2O3S/c1-16(2,9-10-7-5-6-8-11(10)21-3)19-15-18-13(17)12(23-15)14(20)22-4/h5-8H,9H2,1-4H3,(H,18,19). The highest BCUT2D eigenvalue weighted by Crippen LogP contribution is 2.31. The lowest BCUT2D eigenvalue weighted by Gasteiger charge is -2.26. The SMILES string of the molecule is COC(=O)c1sc(NC(C)(C)Cc2ccccc2OC)nc1Cl. The van der Waals surface area contributed by atoms with Gasteiger partial charge in [-0.25, -0.2) is 9.78 Å². The molecule has 0 fully saturated rings. The molecule has 0 aliphatic carbocycles. The highest BCUT2D eigenvalue weighted by atomic mass is 35.5. The number of anilines is 1. The van der Waals surface area contributed by atoms with E-state index >= 15 is 0 Å². The molecule has 0 atom stereocenters. The van der Waals surface area contributed by atoms with Crippen LogP contribution in [0.3, 0.4) is 0 Å². The number of nitrogens with one attached hydrogen (secondary N) is 1. The minimum absolute atomic E-state index is 0.150. The van der Waals surface area contributed by atoms with Crippen LogP contribution in [0, 0.1) is 0 Å². The van der Waals surface area contributed by atoms with Crippen LogP contribution in [-0.4, -0.2) is 30.7 Å². The minimum atomic E-state index is -0.483. The lowest BCUT2D eigenvalue weighted by Crippen LogP contribution is -2.33. The first kappa shape index (κ1) is 17.6. The van der Waals surface area contributed by atoms with Crippen LogP contribution in [0.4, 0.5) is 5.13 Å². The van der Waals surface area contributed by atoms with Gasteiger partial charge in [-0.1, -0.05) is 41.1 Å². The van der Waals surface area contributed by atoms with E-state index in [1.54, 1.807) is 7.11 Å². The molecule has 5 nitrogen and oxygen atoms in total. The zero-order chi connectivity index (χ0) is 17.0. The lowest BCUT2D eigenvalue weighted by molar-refractivity contribution is 0.0606. The summed E-state index contributed by atoms with van der Waals surface area (Å²) in [4.78, 5) is 16.1. The van der Waals surface area contributed by atoms with Crippen LogP contribution in [0.1, 0.15) is 29.1 Å². The normalized spacial score (nSPS) is 11.2. The Kier molecular flexibility index (Phi) is 5.49. The summed E-state index contributed by atoms with van der Waals surface area (Å²) in [7, 11) is 2.97. The number of benzene rings is 1. The van der Waals surface area contributed by atoms with Crippen LogP contribution in [-0.2, 0) is 11.2 Å². The number of hydrogen-bond acceptors (Lipinski definition) is 6. The van der Waals surface area contributed by atoms with Crippen LogP contribution in [0.2, 0.25) is 5.15 Å². The molecule has 0 spiro atoms. The van der Waals surface area contributed by atoms with Crippen molar-refractivity contribution in [1.29, 1.82) is 0 Å². The fraction of sp³-hybridized carbons (Fsp3) is 0.375. The van der Waals surface area contributed by atoms with Gasteiger partial charge in [0.15, 0.2) is 15.2 Å². The molecule has 7 heteroatoms. The van der Waals surface area contributed by atoms with E-state index in [4.69, 9.17) is 16.3 Å². The summed E-state index contributed by atoms with van der Waals surface area (Å²) in [6, 6.07) is 7.87. The van der Waals surface area contributed by atoms with Crippen molar-refractivity contribution < 1.29 is 14.3 Å². The van der Waals surface area contributed by atoms with Gasteiger partial charge in [0.2, 0.25) is 0 Å². The summed E-state index contributed by atoms with van der Waals surface area (Å²) in [6.45, 7) is 4.10. The van der Waals surface area contributed by atoms with E-state index in [1.807, 2.05) is 38.1 Å². The monoisotopic (exact) mass is 354 g/mol. The van der Waals surface area contributed by atoms with E-state index in [0.717, 1.165) is 17.7 Å². The Morgan fingerprint density at radius 1 is 1.35 bits per heavy atom. The van der Waals surface area contributed by atoms with Gasteiger partial charge in [-0.15, -0.1) is 0 Å². The number of rotatable bonds is 6. The Hall–Kier alpha value is -1.79. The van der Waals surface area contributed by atoms with Crippen LogP contribution < -0.4 is 10.1 Å². The van der Waals surface area contributed by atoms with Crippen molar-refractivity contribution in [2.24, 2.45) is 0 Å². The lowest BCUT2D eigenvalue weighted by atomic mass is 9.94. The first-order valence-electron chi connectivity index (χ1n) is 7.01. The average molecular weight is 355 g/mol. The summed E-state index contributed by atoms with van der Waals surface area (Å²) >= 11 is 7.17. The van der Waals surface area contributed by atoms with Gasteiger partial charge in [-0.3, -0.25) is 0 Å². The molecule has 0 bridgehead atoms. The van der Waals surface area contributed by atoms with Gasteiger partial charge in [0, 0.05) is 5.54 Å². The summed E-state index contributed by atoms with van der Waals surface area (Å²) in [6.07, 6.45) is 0.724. The molecule has 2 aromatic rings. The molecule has 1 heterocycles. The maximum absolute atomic E-state index is 11.6. The van der Waals surface area contributed by atoms with Crippen LogP contribution in [0.15, 0.2) is 24.3 Å². The second-order valence-electron chi connectivity index (χ2n) is 5.63. The molecule has 0 amide bonds. The van der Waals surface area contributed by atoms with Crippen molar-refractivity contribution in [2.45, 2.75) is 25.8 Å². The van der Waals surface area contributed by atoms with Gasteiger partial charge in [-0.05, 0) is 31.9 Å². The Balaban J connectivity index is 2.16. The van der Waals surface area contributed by atoms with Crippen LogP contribution in [0.5, 0.6) is 5.75 Å². The second-order valence-corrected chi connectivity index (χ2v) is 6.99. The fourth-order valence-electron chi connectivity index (χ4n) is 2.23. The molecular formula is C16H19ClN2O3S. The first-order valence-corrected chi connectivity index (χ1v) is 8.20. The number of aromatic nitrogens is 1. The molecular weight excluding hydrogens is 336 g/mol. The van der Waals surface area contributed by atoms with Gasteiger partial charge in [0.05, 0.1) is 14.2 Å². The molecule has 0 saturated heterocycles. The first-order chi connectivity index (χ1) is 10.9. The van der Waals surface area contributed by atoms with Crippen LogP contribution in [0.25, 0.3) is 0 Å². The largest absolute Gasteiger partial charge is 0.496 e. The van der Waals surface area contributed by atoms with E-state index in [9.17, 15) is 4.79 Å². The number of nitrogens with zero attached hydrogens (tertiary/aromatic N) is 1. The second kappa shape index (κ2) is 7.19. The number of carbonyl (C=O) groups is 1. The highest BCUT2D eigenvalue weighted by Gasteiger charge is 2.24. The predicted octanol–water partition coefficient (Wildman–Crippen LogP) is 4.02. The van der Waals surface area contributed by atoms with Crippen molar-refractivity contribution in [2.75, 3.05) is 19.5 Å². The van der Waals surface area contributed by atoms with Crippen LogP contribution >= 0.6 is 22.9 Å². The van der Waals surface area contributed by atoms with Gasteiger partial charge >= 0.3 is 5.97 Å². The van der Waals surface area contributed by atoms with Gasteiger partial charge in [-0.2, -0.15) is 0 Å². The number of ether oxygens (including phenoxy) is 2. The maximum atomic E-state index is 11.6. The highest BCUT2D eigenvalue weighted by molar-refractivity contribution is 7.18. The Morgan fingerprint density at radius 2 is 2.04 bits per heavy atom. The molecule has 2 rings (SSSR count). The minimum Gasteiger partial charge on any atom is -0.496 e. The Bertz CT molecular complexity index is 700. The number of carbonyl (C=O) groups excluding carboxylic acids is 1. The van der Waals surface area contributed by atoms with Crippen molar-refractivity contribution in [3.63, 3.8) is 0 Å². The smallest absolute Gasteiger partial charge is 0.351 e. The number of esters is 1. The molecule has 124 valence electrons. The number of thiazole rings is 1. The zero-order valence-electron chi connectivity index (χ0n) is 13.5. The summed E-state index contributed by atoms with van der Waals surface area (Å²) in [5.74, 6) is 0.359. The van der Waals surface area contributed by atoms with E-state index in [0.29, 0.717) is 10.0 Å². The van der Waals surface area contributed by atoms with E-state index in [2.05, 4.69) is 15.0 Å². The molecule has 0 radical (unpaired) electrons. The summed E-state index contributed by atoms with van der Waals surface area (Å²) in [5.41, 5.74) is 0.784. The Morgan fingerprint density at radius 3 is 2.70 bits per heavy atom. The molecule has 0 saturated carbocycles. The Labute approximate surface area is 144 Å². The molecule has 0 unspecified atom stereocenters. The number of para-hydroxylation sites is 1. The molecule has 23 heavy (non-hydrogen) atoms. The number of halogens is 1. The van der Waals surface area contributed by atoms with Gasteiger partial charge in [0.25, 0.3) is 0 Å². The molecule has 0 aliphatic heterocycles. The topological polar surface area (TPSA) is 60.5 Å². The molecule has 1 aromatic carbocycles. The molecule has 1 N–H and O–H groups in total. The number of methoxy groups -OCH3 is 2. The third-order valence-electron chi connectivity index (χ3n) is 3.23. The van der Waals surface area contributed by atoms with Gasteiger partial charge in [0.1, 0.15) is 5.75 Å². The third kappa shape index (κ3) is 4.36. The van der Waals surface area contributed by atoms with Crippen molar-refractivity contribution in [3.8, 4) is 5.75 Å². The summed E-state index contributed by atoms with van der Waals surface area (Å²) < 4.78 is 10.1. The maximum Gasteiger partial charge on any atom is 0.351 e. The van der Waals surface area contributed by atoms with Crippen molar-refractivity contribution in [1.82, 2.24) is 4.98 Å². The predicted molar refractivity (Wildman–Crippen MR) is 92.9 cm³/mol. The van der Waals surface area contributed by atoms with Crippen molar-refractivity contribution >= 4 is 34.0 Å². The summed E-state index contributed by atoms with van der Waals surface area (Å²) in [5, 5.41) is 4.05. The van der Waals surface area contributed by atoms with E-state index < -0.39 is 5.97 Å². The average Bonchev–Trinajstić information content (AvgIpc) is 2.86. The van der Waals surface area contributed by atoms with Gasteiger partial charge < -0.3 is 14.8 Å². The molecule has 0 aliphatic rings. The number of hydrogen-bond donors (Lipinski definition) is 1. The molecule has 1 aromatic heterocycles.